The Kier molecular flexibility index (Phi) is 3.01. The lowest BCUT2D eigenvalue weighted by atomic mass is 9.97. The van der Waals surface area contributed by atoms with E-state index in [0.29, 0.717) is 0 Å². The molecule has 86 valence electrons. The number of allylic oxidation sites excluding steroid dienone is 1. The summed E-state index contributed by atoms with van der Waals surface area (Å²) in [7, 11) is 1.69. The highest BCUT2D eigenvalue weighted by Gasteiger charge is 2.16. The molecule has 2 nitrogen and oxygen atoms in total. The fraction of sp³-hybridized carbons (Fsp3) is 0.429. The van der Waals surface area contributed by atoms with E-state index in [2.05, 4.69) is 19.1 Å². The topological polar surface area (TPSA) is 29.5 Å². The van der Waals surface area contributed by atoms with Crippen LogP contribution in [0.1, 0.15) is 29.5 Å². The van der Waals surface area contributed by atoms with E-state index >= 15 is 0 Å². The summed E-state index contributed by atoms with van der Waals surface area (Å²) in [5.41, 5.74) is 4.86. The van der Waals surface area contributed by atoms with Crippen LogP contribution in [0.5, 0.6) is 5.75 Å². The lowest BCUT2D eigenvalue weighted by Crippen LogP contribution is -1.93. The van der Waals surface area contributed by atoms with Crippen molar-refractivity contribution in [2.75, 3.05) is 7.11 Å². The molecule has 1 unspecified atom stereocenters. The number of benzene rings is 1. The van der Waals surface area contributed by atoms with E-state index in [0.717, 1.165) is 24.2 Å². The van der Waals surface area contributed by atoms with Gasteiger partial charge >= 0.3 is 0 Å². The smallest absolute Gasteiger partial charge is 0.122 e. The van der Waals surface area contributed by atoms with Crippen LogP contribution in [0.15, 0.2) is 18.2 Å². The van der Waals surface area contributed by atoms with Crippen LogP contribution >= 0.6 is 0 Å². The maximum absolute atomic E-state index is 9.52. The molecule has 1 N–H and O–H groups in total. The zero-order chi connectivity index (χ0) is 11.7. The first-order chi connectivity index (χ1) is 7.61. The predicted molar refractivity (Wildman–Crippen MR) is 65.7 cm³/mol. The monoisotopic (exact) mass is 218 g/mol. The Bertz CT molecular complexity index is 433. The predicted octanol–water partition coefficient (Wildman–Crippen LogP) is 2.85. The molecule has 1 aromatic rings. The Morgan fingerprint density at radius 3 is 2.56 bits per heavy atom. The number of methoxy groups -OCH3 is 1. The summed E-state index contributed by atoms with van der Waals surface area (Å²) in [6, 6.07) is 4.22. The maximum atomic E-state index is 9.52. The first-order valence-corrected chi connectivity index (χ1v) is 5.66. The molecule has 0 aromatic heterocycles. The largest absolute Gasteiger partial charge is 0.496 e. The van der Waals surface area contributed by atoms with Crippen molar-refractivity contribution < 1.29 is 9.84 Å². The second-order valence-corrected chi connectivity index (χ2v) is 4.43. The Balaban J connectivity index is 2.42. The number of aliphatic hydroxyl groups is 1. The van der Waals surface area contributed by atoms with Crippen molar-refractivity contribution in [1.82, 2.24) is 0 Å². The van der Waals surface area contributed by atoms with E-state index < -0.39 is 0 Å². The quantitative estimate of drug-likeness (QED) is 0.827. The number of rotatable bonds is 2. The number of hydrogen-bond acceptors (Lipinski definition) is 2. The number of hydrogen-bond donors (Lipinski definition) is 1. The van der Waals surface area contributed by atoms with Crippen LogP contribution in [0.2, 0.25) is 0 Å². The van der Waals surface area contributed by atoms with Gasteiger partial charge in [-0.2, -0.15) is 0 Å². The fourth-order valence-corrected chi connectivity index (χ4v) is 2.28. The van der Waals surface area contributed by atoms with Gasteiger partial charge < -0.3 is 9.84 Å². The molecule has 1 aromatic carbocycles. The maximum Gasteiger partial charge on any atom is 0.122 e. The van der Waals surface area contributed by atoms with Gasteiger partial charge in [0.15, 0.2) is 0 Å². The summed E-state index contributed by atoms with van der Waals surface area (Å²) >= 11 is 0. The van der Waals surface area contributed by atoms with Crippen molar-refractivity contribution in [3.05, 3.63) is 34.9 Å². The van der Waals surface area contributed by atoms with Crippen LogP contribution in [-0.4, -0.2) is 18.3 Å². The zero-order valence-electron chi connectivity index (χ0n) is 10.1. The Hall–Kier alpha value is -1.28. The average molecular weight is 218 g/mol. The minimum atomic E-state index is -0.267. The normalized spacial score (nSPS) is 19.8. The lowest BCUT2D eigenvalue weighted by Gasteiger charge is -2.12. The fourth-order valence-electron chi connectivity index (χ4n) is 2.28. The van der Waals surface area contributed by atoms with E-state index in [1.807, 2.05) is 13.0 Å². The lowest BCUT2D eigenvalue weighted by molar-refractivity contribution is 0.223. The highest BCUT2D eigenvalue weighted by Crippen LogP contribution is 2.33. The second-order valence-electron chi connectivity index (χ2n) is 4.43. The van der Waals surface area contributed by atoms with Crippen LogP contribution in [0, 0.1) is 13.8 Å². The van der Waals surface area contributed by atoms with Gasteiger partial charge in [-0.3, -0.25) is 0 Å². The molecule has 0 aliphatic heterocycles. The Labute approximate surface area is 96.6 Å². The van der Waals surface area contributed by atoms with Crippen LogP contribution in [0.3, 0.4) is 0 Å². The highest BCUT2D eigenvalue weighted by atomic mass is 16.5. The molecule has 0 radical (unpaired) electrons. The van der Waals surface area contributed by atoms with Crippen molar-refractivity contribution in [3.8, 4) is 5.75 Å². The van der Waals surface area contributed by atoms with Gasteiger partial charge in [0.2, 0.25) is 0 Å². The standard InChI is InChI=1S/C14H18O2/c1-9-7-14(16-3)10(2)6-13(9)11-4-5-12(15)8-11/h6-8,12,15H,4-5H2,1-3H3. The summed E-state index contributed by atoms with van der Waals surface area (Å²) in [5, 5.41) is 9.52. The zero-order valence-corrected chi connectivity index (χ0v) is 10.1. The van der Waals surface area contributed by atoms with E-state index in [4.69, 9.17) is 4.74 Å². The Morgan fingerprint density at radius 1 is 1.25 bits per heavy atom. The molecule has 2 heteroatoms. The molecule has 0 amide bonds. The summed E-state index contributed by atoms with van der Waals surface area (Å²) in [6.45, 7) is 4.14. The molecular formula is C14H18O2. The van der Waals surface area contributed by atoms with Crippen molar-refractivity contribution in [2.24, 2.45) is 0 Å². The van der Waals surface area contributed by atoms with Crippen molar-refractivity contribution in [3.63, 3.8) is 0 Å². The van der Waals surface area contributed by atoms with Gasteiger partial charge in [-0.15, -0.1) is 0 Å². The van der Waals surface area contributed by atoms with Crippen molar-refractivity contribution in [1.29, 1.82) is 0 Å². The molecule has 0 spiro atoms. The SMILES string of the molecule is COc1cc(C)c(C2=CC(O)CC2)cc1C. The molecule has 2 rings (SSSR count). The van der Waals surface area contributed by atoms with Gasteiger partial charge in [-0.1, -0.05) is 6.08 Å². The average Bonchev–Trinajstić information content (AvgIpc) is 2.67. The molecule has 0 bridgehead atoms. The third-order valence-corrected chi connectivity index (χ3v) is 3.19. The molecule has 16 heavy (non-hydrogen) atoms. The molecule has 0 saturated heterocycles. The summed E-state index contributed by atoms with van der Waals surface area (Å²) in [5.74, 6) is 0.931. The summed E-state index contributed by atoms with van der Waals surface area (Å²) in [4.78, 5) is 0. The minimum absolute atomic E-state index is 0.267. The van der Waals surface area contributed by atoms with Crippen LogP contribution in [-0.2, 0) is 0 Å². The summed E-state index contributed by atoms with van der Waals surface area (Å²) in [6.07, 6.45) is 3.51. The summed E-state index contributed by atoms with van der Waals surface area (Å²) < 4.78 is 5.30. The second kappa shape index (κ2) is 4.30. The van der Waals surface area contributed by atoms with Crippen molar-refractivity contribution in [2.45, 2.75) is 32.8 Å². The van der Waals surface area contributed by atoms with Gasteiger partial charge in [0.05, 0.1) is 13.2 Å². The van der Waals surface area contributed by atoms with Crippen molar-refractivity contribution >= 4 is 5.57 Å². The van der Waals surface area contributed by atoms with Gasteiger partial charge in [0.25, 0.3) is 0 Å². The molecule has 1 aliphatic carbocycles. The first kappa shape index (κ1) is 11.2. The molecule has 0 heterocycles. The third kappa shape index (κ3) is 1.98. The molecule has 1 atom stereocenters. The molecular weight excluding hydrogens is 200 g/mol. The number of aryl methyl sites for hydroxylation is 2. The van der Waals surface area contributed by atoms with E-state index in [9.17, 15) is 5.11 Å². The van der Waals surface area contributed by atoms with E-state index in [1.165, 1.54) is 16.7 Å². The highest BCUT2D eigenvalue weighted by molar-refractivity contribution is 5.71. The van der Waals surface area contributed by atoms with Crippen LogP contribution in [0.4, 0.5) is 0 Å². The van der Waals surface area contributed by atoms with Gasteiger partial charge in [-0.25, -0.2) is 0 Å². The molecule has 0 fully saturated rings. The number of ether oxygens (including phenoxy) is 1. The first-order valence-electron chi connectivity index (χ1n) is 5.66. The minimum Gasteiger partial charge on any atom is -0.496 e. The third-order valence-electron chi connectivity index (χ3n) is 3.19. The Morgan fingerprint density at radius 2 is 2.00 bits per heavy atom. The molecule has 1 aliphatic rings. The molecule has 0 saturated carbocycles. The van der Waals surface area contributed by atoms with Crippen LogP contribution < -0.4 is 4.74 Å². The van der Waals surface area contributed by atoms with Crippen LogP contribution in [0.25, 0.3) is 5.57 Å². The van der Waals surface area contributed by atoms with Gasteiger partial charge in [0, 0.05) is 0 Å². The van der Waals surface area contributed by atoms with Gasteiger partial charge in [0.1, 0.15) is 5.75 Å². The van der Waals surface area contributed by atoms with Gasteiger partial charge in [-0.05, 0) is 61.1 Å². The van der Waals surface area contributed by atoms with E-state index in [1.54, 1.807) is 7.11 Å². The van der Waals surface area contributed by atoms with E-state index in [-0.39, 0.29) is 6.10 Å². The number of aliphatic hydroxyl groups excluding tert-OH is 1.